The molecule has 0 radical (unpaired) electrons. The summed E-state index contributed by atoms with van der Waals surface area (Å²) >= 11 is 1.51. The van der Waals surface area contributed by atoms with Gasteiger partial charge in [0.1, 0.15) is 18.0 Å². The lowest BCUT2D eigenvalue weighted by atomic mass is 10.4. The van der Waals surface area contributed by atoms with Crippen molar-refractivity contribution >= 4 is 29.3 Å². The lowest BCUT2D eigenvalue weighted by Crippen LogP contribution is -2.17. The molecule has 3 heterocycles. The number of hydrogen-bond acceptors (Lipinski definition) is 7. The maximum absolute atomic E-state index is 12.3. The highest BCUT2D eigenvalue weighted by atomic mass is 32.2. The van der Waals surface area contributed by atoms with Crippen LogP contribution in [0.4, 0.5) is 11.6 Å². The van der Waals surface area contributed by atoms with E-state index in [0.29, 0.717) is 29.0 Å². The minimum absolute atomic E-state index is 0.102. The Morgan fingerprint density at radius 3 is 2.88 bits per heavy atom. The molecule has 0 saturated carbocycles. The first-order valence-electron chi connectivity index (χ1n) is 8.00. The summed E-state index contributed by atoms with van der Waals surface area (Å²) in [5.41, 5.74) is 1.73. The number of nitrogens with one attached hydrogen (secondary N) is 2. The van der Waals surface area contributed by atoms with Crippen LogP contribution in [-0.2, 0) is 10.5 Å². The number of thioether (sulfide) groups is 1. The van der Waals surface area contributed by atoms with E-state index >= 15 is 0 Å². The topological polar surface area (TPSA) is 97.6 Å². The monoisotopic (exact) mass is 369 g/mol. The summed E-state index contributed by atoms with van der Waals surface area (Å²) in [6, 6.07) is 9.32. The number of pyridine rings is 1. The van der Waals surface area contributed by atoms with Crippen molar-refractivity contribution in [2.45, 2.75) is 12.7 Å². The Balaban J connectivity index is 1.65. The second kappa shape index (κ2) is 8.43. The van der Waals surface area contributed by atoms with Crippen molar-refractivity contribution < 1.29 is 4.79 Å². The lowest BCUT2D eigenvalue weighted by molar-refractivity contribution is -0.113. The van der Waals surface area contributed by atoms with Crippen LogP contribution in [-0.4, -0.2) is 43.4 Å². The van der Waals surface area contributed by atoms with E-state index in [9.17, 15) is 4.79 Å². The van der Waals surface area contributed by atoms with Gasteiger partial charge in [0.15, 0.2) is 5.82 Å². The summed E-state index contributed by atoms with van der Waals surface area (Å²) in [6.07, 6.45) is 3.20. The minimum atomic E-state index is -0.102. The van der Waals surface area contributed by atoms with E-state index in [-0.39, 0.29) is 5.91 Å². The smallest absolute Gasteiger partial charge is 0.235 e. The zero-order valence-electron chi connectivity index (χ0n) is 14.5. The third-order valence-electron chi connectivity index (χ3n) is 3.43. The van der Waals surface area contributed by atoms with Crippen LogP contribution in [0.15, 0.2) is 42.9 Å². The Kier molecular flexibility index (Phi) is 5.80. The number of aryl methyl sites for hydroxylation is 1. The summed E-state index contributed by atoms with van der Waals surface area (Å²) in [6.45, 7) is 1.86. The molecule has 0 aliphatic carbocycles. The van der Waals surface area contributed by atoms with Gasteiger partial charge in [-0.15, -0.1) is 11.8 Å². The first-order valence-corrected chi connectivity index (χ1v) is 9.15. The van der Waals surface area contributed by atoms with Crippen LogP contribution in [0.25, 0.3) is 5.82 Å². The molecule has 3 aromatic heterocycles. The predicted molar refractivity (Wildman–Crippen MR) is 102 cm³/mol. The van der Waals surface area contributed by atoms with E-state index in [1.165, 1.54) is 18.1 Å². The highest BCUT2D eigenvalue weighted by Gasteiger charge is 2.12. The quantitative estimate of drug-likeness (QED) is 0.659. The van der Waals surface area contributed by atoms with Crippen molar-refractivity contribution in [1.29, 1.82) is 0 Å². The second-order valence-corrected chi connectivity index (χ2v) is 6.44. The predicted octanol–water partition coefficient (Wildman–Crippen LogP) is 2.28. The van der Waals surface area contributed by atoms with Gasteiger partial charge in [0.2, 0.25) is 5.91 Å². The molecule has 0 bridgehead atoms. The Morgan fingerprint density at radius 2 is 2.12 bits per heavy atom. The van der Waals surface area contributed by atoms with Crippen LogP contribution in [0, 0.1) is 6.92 Å². The average molecular weight is 369 g/mol. The summed E-state index contributed by atoms with van der Waals surface area (Å²) in [5.74, 6) is 2.73. The molecule has 1 amide bonds. The van der Waals surface area contributed by atoms with Gasteiger partial charge in [0.05, 0.1) is 17.1 Å². The van der Waals surface area contributed by atoms with Gasteiger partial charge >= 0.3 is 0 Å². The van der Waals surface area contributed by atoms with Crippen molar-refractivity contribution in [3.63, 3.8) is 0 Å². The van der Waals surface area contributed by atoms with E-state index in [0.717, 1.165) is 11.4 Å². The number of nitrogens with zero attached hydrogens (tertiary/aromatic N) is 5. The fraction of sp³-hybridized carbons (Fsp3) is 0.235. The molecule has 2 N–H and O–H groups in total. The number of aromatic nitrogens is 5. The van der Waals surface area contributed by atoms with Crippen LogP contribution in [0.1, 0.15) is 11.4 Å². The van der Waals surface area contributed by atoms with Crippen LogP contribution in [0.5, 0.6) is 0 Å². The summed E-state index contributed by atoms with van der Waals surface area (Å²) in [4.78, 5) is 24.8. The van der Waals surface area contributed by atoms with Gasteiger partial charge in [-0.3, -0.25) is 9.78 Å². The van der Waals surface area contributed by atoms with Crippen molar-refractivity contribution in [1.82, 2.24) is 24.7 Å². The van der Waals surface area contributed by atoms with Crippen LogP contribution < -0.4 is 10.6 Å². The molecule has 3 aromatic rings. The summed E-state index contributed by atoms with van der Waals surface area (Å²) in [7, 11) is 1.78. The molecule has 0 saturated heterocycles. The van der Waals surface area contributed by atoms with Crippen molar-refractivity contribution in [3.8, 4) is 5.82 Å². The van der Waals surface area contributed by atoms with E-state index in [1.807, 2.05) is 31.2 Å². The first kappa shape index (κ1) is 17.9. The van der Waals surface area contributed by atoms with Gasteiger partial charge in [-0.2, -0.15) is 9.78 Å². The van der Waals surface area contributed by atoms with Gasteiger partial charge in [-0.05, 0) is 19.1 Å². The molecule has 26 heavy (non-hydrogen) atoms. The van der Waals surface area contributed by atoms with E-state index < -0.39 is 0 Å². The Hall–Kier alpha value is -2.94. The Morgan fingerprint density at radius 1 is 1.23 bits per heavy atom. The molecule has 0 atom stereocenters. The number of amides is 1. The number of hydrogen-bond donors (Lipinski definition) is 2. The van der Waals surface area contributed by atoms with Gasteiger partial charge in [-0.1, -0.05) is 6.07 Å². The average Bonchev–Trinajstić information content (AvgIpc) is 3.02. The maximum atomic E-state index is 12.3. The number of carbonyl (C=O) groups is 1. The van der Waals surface area contributed by atoms with Crippen molar-refractivity contribution in [2.24, 2.45) is 0 Å². The second-order valence-electron chi connectivity index (χ2n) is 5.46. The normalized spacial score (nSPS) is 10.5. The zero-order chi connectivity index (χ0) is 18.4. The maximum Gasteiger partial charge on any atom is 0.235 e. The molecule has 0 spiro atoms. The van der Waals surface area contributed by atoms with E-state index in [4.69, 9.17) is 0 Å². The van der Waals surface area contributed by atoms with Crippen LogP contribution in [0.2, 0.25) is 0 Å². The SMILES string of the molecule is CNc1cc(-n2nc(C)cc2NC(=O)CSCc2ccccn2)ncn1. The largest absolute Gasteiger partial charge is 0.373 e. The van der Waals surface area contributed by atoms with Gasteiger partial charge in [0, 0.05) is 31.1 Å². The van der Waals surface area contributed by atoms with E-state index in [2.05, 4.69) is 30.7 Å². The molecule has 3 rings (SSSR count). The molecule has 134 valence electrons. The lowest BCUT2D eigenvalue weighted by Gasteiger charge is -2.09. The van der Waals surface area contributed by atoms with Gasteiger partial charge in [-0.25, -0.2) is 9.97 Å². The number of carbonyl (C=O) groups excluding carboxylic acids is 1. The third kappa shape index (κ3) is 4.57. The molecular formula is C17H19N7OS. The summed E-state index contributed by atoms with van der Waals surface area (Å²) < 4.78 is 1.60. The molecule has 0 aromatic carbocycles. The van der Waals surface area contributed by atoms with Gasteiger partial charge < -0.3 is 10.6 Å². The minimum Gasteiger partial charge on any atom is -0.373 e. The number of anilines is 2. The van der Waals surface area contributed by atoms with Crippen molar-refractivity contribution in [3.05, 3.63) is 54.2 Å². The third-order valence-corrected chi connectivity index (χ3v) is 4.40. The fourth-order valence-electron chi connectivity index (χ4n) is 2.27. The first-order chi connectivity index (χ1) is 12.7. The standard InChI is InChI=1S/C17H19N7OS/c1-12-7-16(24(23-12)15-8-14(18-2)20-11-21-15)22-17(25)10-26-9-13-5-3-4-6-19-13/h3-8,11H,9-10H2,1-2H3,(H,22,25)(H,18,20,21). The van der Waals surface area contributed by atoms with E-state index in [1.54, 1.807) is 24.0 Å². The molecule has 9 heteroatoms. The van der Waals surface area contributed by atoms with Gasteiger partial charge in [0.25, 0.3) is 0 Å². The summed E-state index contributed by atoms with van der Waals surface area (Å²) in [5, 5.41) is 10.3. The van der Waals surface area contributed by atoms with Crippen molar-refractivity contribution in [2.75, 3.05) is 23.4 Å². The molecule has 8 nitrogen and oxygen atoms in total. The highest BCUT2D eigenvalue weighted by Crippen LogP contribution is 2.18. The molecule has 0 aliphatic rings. The zero-order valence-corrected chi connectivity index (χ0v) is 15.3. The molecule has 0 aliphatic heterocycles. The molecular weight excluding hydrogens is 350 g/mol. The number of rotatable bonds is 7. The van der Waals surface area contributed by atoms with Crippen LogP contribution >= 0.6 is 11.8 Å². The fourth-order valence-corrected chi connectivity index (χ4v) is 3.01. The highest BCUT2D eigenvalue weighted by molar-refractivity contribution is 7.99. The Labute approximate surface area is 155 Å². The molecule has 0 fully saturated rings. The van der Waals surface area contributed by atoms with Crippen LogP contribution in [0.3, 0.4) is 0 Å². The Bertz CT molecular complexity index is 882. The molecule has 0 unspecified atom stereocenters.